The number of nitrogens with zero attached hydrogens (tertiary/aromatic N) is 2. The topological polar surface area (TPSA) is 45.9 Å². The molecule has 1 aliphatic rings. The number of hydrogen-bond acceptors (Lipinski definition) is 3. The highest BCUT2D eigenvalue weighted by Crippen LogP contribution is 2.29. The highest BCUT2D eigenvalue weighted by molar-refractivity contribution is 5.24. The van der Waals surface area contributed by atoms with Gasteiger partial charge in [0.1, 0.15) is 11.8 Å². The van der Waals surface area contributed by atoms with Gasteiger partial charge in [-0.15, -0.1) is 0 Å². The van der Waals surface area contributed by atoms with Gasteiger partial charge in [-0.1, -0.05) is 25.3 Å². The molecule has 0 spiro atoms. The lowest BCUT2D eigenvalue weighted by molar-refractivity contribution is 0.217. The van der Waals surface area contributed by atoms with Gasteiger partial charge >= 0.3 is 0 Å². The van der Waals surface area contributed by atoms with Crippen molar-refractivity contribution in [2.24, 2.45) is 5.92 Å². The zero-order chi connectivity index (χ0) is 10.5. The van der Waals surface area contributed by atoms with E-state index in [0.29, 0.717) is 18.2 Å². The molecule has 3 nitrogen and oxygen atoms in total. The van der Waals surface area contributed by atoms with Gasteiger partial charge in [-0.05, 0) is 18.4 Å². The molecular weight excluding hydrogens is 188 g/mol. The average Bonchev–Trinajstić information content (AvgIpc) is 2.22. The number of aromatic nitrogens is 1. The van der Waals surface area contributed by atoms with E-state index in [1.807, 2.05) is 6.07 Å². The second-order valence-electron chi connectivity index (χ2n) is 3.91. The summed E-state index contributed by atoms with van der Waals surface area (Å²) in [4.78, 5) is 4.05. The maximum Gasteiger partial charge on any atom is 0.214 e. The van der Waals surface area contributed by atoms with Crippen LogP contribution in [-0.4, -0.2) is 11.6 Å². The van der Waals surface area contributed by atoms with Crippen LogP contribution in [0.5, 0.6) is 5.88 Å². The van der Waals surface area contributed by atoms with E-state index in [0.717, 1.165) is 12.3 Å². The molecule has 1 saturated carbocycles. The first-order valence-corrected chi connectivity index (χ1v) is 5.38. The third-order valence-corrected chi connectivity index (χ3v) is 2.84. The Kier molecular flexibility index (Phi) is 3.18. The molecule has 1 aromatic rings. The Morgan fingerprint density at radius 2 is 2.33 bits per heavy atom. The summed E-state index contributed by atoms with van der Waals surface area (Å²) in [5, 5.41) is 8.65. The van der Waals surface area contributed by atoms with Crippen molar-refractivity contribution in [2.45, 2.75) is 25.7 Å². The van der Waals surface area contributed by atoms with Crippen molar-refractivity contribution in [3.63, 3.8) is 0 Å². The lowest BCUT2D eigenvalue weighted by Crippen LogP contribution is -2.14. The maximum atomic E-state index is 8.65. The van der Waals surface area contributed by atoms with Crippen LogP contribution in [0.1, 0.15) is 31.4 Å². The van der Waals surface area contributed by atoms with Crippen molar-refractivity contribution in [2.75, 3.05) is 6.61 Å². The van der Waals surface area contributed by atoms with Crippen molar-refractivity contribution < 1.29 is 4.74 Å². The first kappa shape index (κ1) is 9.97. The van der Waals surface area contributed by atoms with Gasteiger partial charge in [-0.3, -0.25) is 0 Å². The SMILES string of the molecule is N#Cc1cccc(OCCC2CCC2)n1. The zero-order valence-electron chi connectivity index (χ0n) is 8.65. The van der Waals surface area contributed by atoms with Crippen LogP contribution in [0.2, 0.25) is 0 Å². The number of ether oxygens (including phenoxy) is 1. The molecule has 1 aromatic heterocycles. The highest BCUT2D eigenvalue weighted by atomic mass is 16.5. The lowest BCUT2D eigenvalue weighted by atomic mass is 9.83. The molecule has 0 bridgehead atoms. The van der Waals surface area contributed by atoms with Crippen molar-refractivity contribution >= 4 is 0 Å². The largest absolute Gasteiger partial charge is 0.478 e. The summed E-state index contributed by atoms with van der Waals surface area (Å²) in [6.07, 6.45) is 5.16. The molecule has 78 valence electrons. The summed E-state index contributed by atoms with van der Waals surface area (Å²) in [7, 11) is 0. The normalized spacial score (nSPS) is 15.4. The number of pyridine rings is 1. The van der Waals surface area contributed by atoms with Gasteiger partial charge in [-0.25, -0.2) is 4.98 Å². The predicted octanol–water partition coefficient (Wildman–Crippen LogP) is 2.52. The molecule has 1 heterocycles. The van der Waals surface area contributed by atoms with Crippen LogP contribution in [0.3, 0.4) is 0 Å². The van der Waals surface area contributed by atoms with Gasteiger partial charge < -0.3 is 4.74 Å². The number of nitriles is 1. The molecule has 0 radical (unpaired) electrons. The van der Waals surface area contributed by atoms with Crippen LogP contribution < -0.4 is 4.74 Å². The second kappa shape index (κ2) is 4.79. The van der Waals surface area contributed by atoms with Crippen LogP contribution >= 0.6 is 0 Å². The summed E-state index contributed by atoms with van der Waals surface area (Å²) in [5.41, 5.74) is 0.413. The Morgan fingerprint density at radius 1 is 1.47 bits per heavy atom. The standard InChI is InChI=1S/C12H14N2O/c13-9-11-5-2-6-12(14-11)15-8-7-10-3-1-4-10/h2,5-6,10H,1,3-4,7-8H2. The zero-order valence-corrected chi connectivity index (χ0v) is 8.65. The van der Waals surface area contributed by atoms with Crippen LogP contribution in [-0.2, 0) is 0 Å². The third kappa shape index (κ3) is 2.69. The first-order chi connectivity index (χ1) is 7.38. The van der Waals surface area contributed by atoms with Crippen LogP contribution in [0, 0.1) is 17.2 Å². The molecule has 0 saturated heterocycles. The van der Waals surface area contributed by atoms with Crippen LogP contribution in [0.15, 0.2) is 18.2 Å². The molecule has 0 amide bonds. The van der Waals surface area contributed by atoms with Gasteiger partial charge in [0.25, 0.3) is 0 Å². The average molecular weight is 202 g/mol. The van der Waals surface area contributed by atoms with E-state index in [1.165, 1.54) is 19.3 Å². The molecule has 3 heteroatoms. The van der Waals surface area contributed by atoms with E-state index in [1.54, 1.807) is 18.2 Å². The van der Waals surface area contributed by atoms with Gasteiger partial charge in [0.2, 0.25) is 5.88 Å². The maximum absolute atomic E-state index is 8.65. The Hall–Kier alpha value is -1.56. The van der Waals surface area contributed by atoms with E-state index >= 15 is 0 Å². The molecule has 1 fully saturated rings. The molecule has 0 unspecified atom stereocenters. The minimum absolute atomic E-state index is 0.413. The fourth-order valence-electron chi connectivity index (χ4n) is 1.67. The van der Waals surface area contributed by atoms with Crippen molar-refractivity contribution in [1.82, 2.24) is 4.98 Å². The van der Waals surface area contributed by atoms with Crippen molar-refractivity contribution in [3.8, 4) is 11.9 Å². The fraction of sp³-hybridized carbons (Fsp3) is 0.500. The Balaban J connectivity index is 1.79. The minimum Gasteiger partial charge on any atom is -0.478 e. The lowest BCUT2D eigenvalue weighted by Gasteiger charge is -2.24. The van der Waals surface area contributed by atoms with E-state index in [9.17, 15) is 0 Å². The summed E-state index contributed by atoms with van der Waals surface area (Å²) in [6.45, 7) is 0.715. The Morgan fingerprint density at radius 3 is 3.00 bits per heavy atom. The molecule has 0 atom stereocenters. The number of rotatable bonds is 4. The molecule has 0 aliphatic heterocycles. The summed E-state index contributed by atoms with van der Waals surface area (Å²) in [5.74, 6) is 1.41. The van der Waals surface area contributed by atoms with Gasteiger partial charge in [0, 0.05) is 6.07 Å². The molecule has 2 rings (SSSR count). The van der Waals surface area contributed by atoms with Gasteiger partial charge in [0.05, 0.1) is 6.61 Å². The van der Waals surface area contributed by atoms with Crippen molar-refractivity contribution in [1.29, 1.82) is 5.26 Å². The Bertz CT molecular complexity index is 366. The third-order valence-electron chi connectivity index (χ3n) is 2.84. The molecule has 0 aromatic carbocycles. The highest BCUT2D eigenvalue weighted by Gasteiger charge is 2.16. The fourth-order valence-corrected chi connectivity index (χ4v) is 1.67. The quantitative estimate of drug-likeness (QED) is 0.753. The molecule has 15 heavy (non-hydrogen) atoms. The first-order valence-electron chi connectivity index (χ1n) is 5.38. The molecular formula is C12H14N2O. The molecule has 1 aliphatic carbocycles. The Labute approximate surface area is 89.7 Å². The predicted molar refractivity (Wildman–Crippen MR) is 56.4 cm³/mol. The van der Waals surface area contributed by atoms with Crippen molar-refractivity contribution in [3.05, 3.63) is 23.9 Å². The van der Waals surface area contributed by atoms with E-state index in [-0.39, 0.29) is 0 Å². The smallest absolute Gasteiger partial charge is 0.214 e. The summed E-state index contributed by atoms with van der Waals surface area (Å²) < 4.78 is 5.49. The second-order valence-corrected chi connectivity index (χ2v) is 3.91. The minimum atomic E-state index is 0.413. The van der Waals surface area contributed by atoms with Gasteiger partial charge in [-0.2, -0.15) is 5.26 Å². The van der Waals surface area contributed by atoms with Crippen LogP contribution in [0.4, 0.5) is 0 Å². The summed E-state index contributed by atoms with van der Waals surface area (Å²) >= 11 is 0. The van der Waals surface area contributed by atoms with E-state index in [4.69, 9.17) is 10.00 Å². The summed E-state index contributed by atoms with van der Waals surface area (Å²) in [6, 6.07) is 7.27. The monoisotopic (exact) mass is 202 g/mol. The number of hydrogen-bond donors (Lipinski definition) is 0. The van der Waals surface area contributed by atoms with Crippen LogP contribution in [0.25, 0.3) is 0 Å². The molecule has 0 N–H and O–H groups in total. The van der Waals surface area contributed by atoms with Gasteiger partial charge in [0.15, 0.2) is 0 Å². The van der Waals surface area contributed by atoms with E-state index in [2.05, 4.69) is 4.98 Å². The van der Waals surface area contributed by atoms with E-state index < -0.39 is 0 Å².